The fourth-order valence-electron chi connectivity index (χ4n) is 3.97. The molecule has 3 rings (SSSR count). The van der Waals surface area contributed by atoms with Crippen molar-refractivity contribution in [3.8, 4) is 0 Å². The highest BCUT2D eigenvalue weighted by molar-refractivity contribution is 5.76. The van der Waals surface area contributed by atoms with Crippen molar-refractivity contribution in [2.24, 2.45) is 5.92 Å². The molecular formula is C17H28N4O. The Bertz CT molecular complexity index is 505. The third-order valence-electron chi connectivity index (χ3n) is 5.36. The van der Waals surface area contributed by atoms with Crippen LogP contribution in [0.4, 0.5) is 0 Å². The van der Waals surface area contributed by atoms with E-state index in [-0.39, 0.29) is 0 Å². The average Bonchev–Trinajstić information content (AvgIpc) is 2.73. The molecule has 0 aliphatic carbocycles. The summed E-state index contributed by atoms with van der Waals surface area (Å²) in [6, 6.07) is 0.630. The van der Waals surface area contributed by atoms with Crippen molar-refractivity contribution < 1.29 is 4.79 Å². The molecule has 5 heteroatoms. The molecule has 0 saturated carbocycles. The predicted molar refractivity (Wildman–Crippen MR) is 86.7 cm³/mol. The fourth-order valence-corrected chi connectivity index (χ4v) is 3.97. The summed E-state index contributed by atoms with van der Waals surface area (Å²) in [4.78, 5) is 14.6. The molecule has 0 radical (unpaired) electrons. The van der Waals surface area contributed by atoms with Gasteiger partial charge in [-0.25, -0.2) is 0 Å². The number of amides is 1. The molecule has 1 amide bonds. The maximum atomic E-state index is 12.6. The third kappa shape index (κ3) is 3.35. The summed E-state index contributed by atoms with van der Waals surface area (Å²) in [6.07, 6.45) is 6.35. The molecule has 0 unspecified atom stereocenters. The second-order valence-corrected chi connectivity index (χ2v) is 6.86. The van der Waals surface area contributed by atoms with Gasteiger partial charge in [0.1, 0.15) is 0 Å². The summed E-state index contributed by atoms with van der Waals surface area (Å²) < 4.78 is 0. The highest BCUT2D eigenvalue weighted by Gasteiger charge is 2.31. The van der Waals surface area contributed by atoms with Crippen LogP contribution >= 0.6 is 0 Å². The molecule has 1 aromatic heterocycles. The first-order valence-corrected chi connectivity index (χ1v) is 8.66. The summed E-state index contributed by atoms with van der Waals surface area (Å²) in [7, 11) is 0. The second-order valence-electron chi connectivity index (χ2n) is 6.86. The Morgan fingerprint density at radius 2 is 2.18 bits per heavy atom. The van der Waals surface area contributed by atoms with Crippen LogP contribution in [0.5, 0.6) is 0 Å². The first kappa shape index (κ1) is 15.5. The summed E-state index contributed by atoms with van der Waals surface area (Å²) in [5, 5.41) is 10.9. The van der Waals surface area contributed by atoms with E-state index in [0.717, 1.165) is 43.9 Å². The van der Waals surface area contributed by atoms with Crippen LogP contribution in [0.25, 0.3) is 0 Å². The van der Waals surface area contributed by atoms with Gasteiger partial charge < -0.3 is 10.2 Å². The van der Waals surface area contributed by atoms with Crippen molar-refractivity contribution >= 4 is 5.91 Å². The summed E-state index contributed by atoms with van der Waals surface area (Å²) >= 11 is 0. The minimum Gasteiger partial charge on any atom is -0.342 e. The Hall–Kier alpha value is -1.36. The Balaban J connectivity index is 1.54. The number of likely N-dealkylation sites (tertiary alicyclic amines) is 1. The lowest BCUT2D eigenvalue weighted by atomic mass is 9.89. The Kier molecular flexibility index (Phi) is 4.81. The van der Waals surface area contributed by atoms with Gasteiger partial charge in [0.15, 0.2) is 0 Å². The number of piperidine rings is 1. The number of hydrogen-bond donors (Lipinski definition) is 2. The minimum absolute atomic E-state index is 0.308. The number of carbonyl (C=O) groups is 1. The van der Waals surface area contributed by atoms with E-state index in [0.29, 0.717) is 24.3 Å². The molecule has 5 nitrogen and oxygen atoms in total. The number of fused-ring (bicyclic) bond motifs is 1. The Morgan fingerprint density at radius 1 is 1.32 bits per heavy atom. The van der Waals surface area contributed by atoms with Crippen molar-refractivity contribution in [1.29, 1.82) is 0 Å². The summed E-state index contributed by atoms with van der Waals surface area (Å²) in [6.45, 7) is 7.04. The summed E-state index contributed by atoms with van der Waals surface area (Å²) in [5.74, 6) is 0.959. The molecule has 2 N–H and O–H groups in total. The largest absolute Gasteiger partial charge is 0.342 e. The number of carbonyl (C=O) groups excluding carboxylic acids is 1. The SMILES string of the molecule is Cc1n[nH]c(C)c1CCC(=O)N1CC[C@H]2NCCCC[C@H]2C1. The highest BCUT2D eigenvalue weighted by atomic mass is 16.2. The van der Waals surface area contributed by atoms with Gasteiger partial charge in [-0.3, -0.25) is 9.89 Å². The average molecular weight is 304 g/mol. The zero-order chi connectivity index (χ0) is 15.5. The molecule has 3 heterocycles. The first-order valence-electron chi connectivity index (χ1n) is 8.66. The van der Waals surface area contributed by atoms with Gasteiger partial charge in [0.05, 0.1) is 5.69 Å². The molecule has 0 bridgehead atoms. The van der Waals surface area contributed by atoms with Crippen LogP contribution < -0.4 is 5.32 Å². The molecule has 2 aliphatic rings. The van der Waals surface area contributed by atoms with Crippen LogP contribution in [-0.4, -0.2) is 46.7 Å². The Morgan fingerprint density at radius 3 is 2.95 bits per heavy atom. The molecule has 1 aromatic rings. The molecule has 0 aromatic carbocycles. The van der Waals surface area contributed by atoms with E-state index in [1.807, 2.05) is 13.8 Å². The van der Waals surface area contributed by atoms with Crippen LogP contribution in [-0.2, 0) is 11.2 Å². The van der Waals surface area contributed by atoms with Crippen molar-refractivity contribution in [2.75, 3.05) is 19.6 Å². The van der Waals surface area contributed by atoms with Crippen molar-refractivity contribution in [3.63, 3.8) is 0 Å². The monoisotopic (exact) mass is 304 g/mol. The van der Waals surface area contributed by atoms with Gasteiger partial charge in [-0.05, 0) is 57.6 Å². The molecule has 0 spiro atoms. The van der Waals surface area contributed by atoms with Gasteiger partial charge in [-0.15, -0.1) is 0 Å². The van der Waals surface area contributed by atoms with Crippen molar-refractivity contribution in [2.45, 2.75) is 58.4 Å². The molecule has 2 aliphatic heterocycles. The number of H-pyrrole nitrogens is 1. The van der Waals surface area contributed by atoms with E-state index >= 15 is 0 Å². The number of hydrogen-bond acceptors (Lipinski definition) is 3. The standard InChI is InChI=1S/C17H28N4O/c1-12-15(13(2)20-19-12)6-7-17(22)21-10-8-16-14(11-21)5-3-4-9-18-16/h14,16,18H,3-11H2,1-2H3,(H,19,20)/t14-,16+/m0/s1. The molecule has 2 saturated heterocycles. The van der Waals surface area contributed by atoms with Gasteiger partial charge in [0, 0.05) is 31.2 Å². The number of nitrogens with one attached hydrogen (secondary N) is 2. The van der Waals surface area contributed by atoms with E-state index in [9.17, 15) is 4.79 Å². The number of rotatable bonds is 3. The number of aromatic nitrogens is 2. The lowest BCUT2D eigenvalue weighted by Gasteiger charge is -2.38. The lowest BCUT2D eigenvalue weighted by molar-refractivity contribution is -0.133. The fraction of sp³-hybridized carbons (Fsp3) is 0.765. The zero-order valence-corrected chi connectivity index (χ0v) is 13.8. The van der Waals surface area contributed by atoms with Gasteiger partial charge in [-0.2, -0.15) is 5.10 Å². The zero-order valence-electron chi connectivity index (χ0n) is 13.8. The van der Waals surface area contributed by atoms with Gasteiger partial charge >= 0.3 is 0 Å². The number of nitrogens with zero attached hydrogens (tertiary/aromatic N) is 2. The van der Waals surface area contributed by atoms with Gasteiger partial charge in [-0.1, -0.05) is 6.42 Å². The van der Waals surface area contributed by atoms with Crippen LogP contribution in [0, 0.1) is 19.8 Å². The van der Waals surface area contributed by atoms with Gasteiger partial charge in [0.25, 0.3) is 0 Å². The summed E-state index contributed by atoms with van der Waals surface area (Å²) in [5.41, 5.74) is 3.33. The normalized spacial score (nSPS) is 25.6. The van der Waals surface area contributed by atoms with E-state index in [4.69, 9.17) is 0 Å². The van der Waals surface area contributed by atoms with E-state index in [1.165, 1.54) is 24.8 Å². The first-order chi connectivity index (χ1) is 10.6. The number of aromatic amines is 1. The molecule has 22 heavy (non-hydrogen) atoms. The minimum atomic E-state index is 0.308. The van der Waals surface area contributed by atoms with E-state index in [2.05, 4.69) is 20.4 Å². The highest BCUT2D eigenvalue weighted by Crippen LogP contribution is 2.25. The van der Waals surface area contributed by atoms with Crippen LogP contribution in [0.15, 0.2) is 0 Å². The van der Waals surface area contributed by atoms with E-state index in [1.54, 1.807) is 0 Å². The van der Waals surface area contributed by atoms with Crippen molar-refractivity contribution in [1.82, 2.24) is 20.4 Å². The second kappa shape index (κ2) is 6.82. The smallest absolute Gasteiger partial charge is 0.222 e. The molecule has 122 valence electrons. The Labute approximate surface area is 132 Å². The lowest BCUT2D eigenvalue weighted by Crippen LogP contribution is -2.50. The van der Waals surface area contributed by atoms with Crippen LogP contribution in [0.2, 0.25) is 0 Å². The molecular weight excluding hydrogens is 276 g/mol. The van der Waals surface area contributed by atoms with Gasteiger partial charge in [0.2, 0.25) is 5.91 Å². The third-order valence-corrected chi connectivity index (χ3v) is 5.36. The van der Waals surface area contributed by atoms with Crippen molar-refractivity contribution in [3.05, 3.63) is 17.0 Å². The van der Waals surface area contributed by atoms with E-state index < -0.39 is 0 Å². The maximum absolute atomic E-state index is 12.6. The molecule has 2 atom stereocenters. The topological polar surface area (TPSA) is 61.0 Å². The maximum Gasteiger partial charge on any atom is 0.222 e. The van der Waals surface area contributed by atoms with Crippen LogP contribution in [0.1, 0.15) is 49.1 Å². The number of aryl methyl sites for hydroxylation is 2. The molecule has 2 fully saturated rings. The van der Waals surface area contributed by atoms with Crippen LogP contribution in [0.3, 0.4) is 0 Å². The quantitative estimate of drug-likeness (QED) is 0.897. The predicted octanol–water partition coefficient (Wildman–Crippen LogP) is 1.95.